The van der Waals surface area contributed by atoms with Crippen molar-refractivity contribution in [1.29, 1.82) is 5.26 Å². The summed E-state index contributed by atoms with van der Waals surface area (Å²) in [4.78, 5) is 14.0. The largest absolute Gasteiger partial charge is 0.353 e. The predicted molar refractivity (Wildman–Crippen MR) is 85.6 cm³/mol. The summed E-state index contributed by atoms with van der Waals surface area (Å²) in [5.41, 5.74) is 0.264. The summed E-state index contributed by atoms with van der Waals surface area (Å²) in [6.07, 6.45) is 3.07. The minimum absolute atomic E-state index is 0.0421. The van der Waals surface area contributed by atoms with Crippen molar-refractivity contribution in [2.75, 3.05) is 13.6 Å². The smallest absolute Gasteiger partial charge is 0.234 e. The number of nitrogens with zero attached hydrogens (tertiary/aromatic N) is 2. The molecule has 3 atom stereocenters. The number of rotatable bonds is 4. The van der Waals surface area contributed by atoms with Crippen LogP contribution in [0.4, 0.5) is 0 Å². The molecule has 4 heteroatoms. The van der Waals surface area contributed by atoms with E-state index in [-0.39, 0.29) is 29.3 Å². The Bertz CT molecular complexity index is 392. The van der Waals surface area contributed by atoms with Crippen molar-refractivity contribution in [3.05, 3.63) is 0 Å². The Hall–Kier alpha value is -1.08. The number of carbonyl (C=O) groups excluding carboxylic acids is 1. The molecule has 0 radical (unpaired) electrons. The molecule has 1 rings (SSSR count). The maximum atomic E-state index is 11.9. The second-order valence-electron chi connectivity index (χ2n) is 7.82. The molecular weight excluding hydrogens is 262 g/mol. The maximum Gasteiger partial charge on any atom is 0.234 e. The van der Waals surface area contributed by atoms with E-state index in [1.54, 1.807) is 0 Å². The molecule has 4 nitrogen and oxygen atoms in total. The van der Waals surface area contributed by atoms with Crippen LogP contribution in [-0.4, -0.2) is 36.5 Å². The van der Waals surface area contributed by atoms with Gasteiger partial charge in [-0.2, -0.15) is 5.26 Å². The zero-order valence-electron chi connectivity index (χ0n) is 14.4. The summed E-state index contributed by atoms with van der Waals surface area (Å²) in [6.45, 7) is 11.1. The summed E-state index contributed by atoms with van der Waals surface area (Å²) in [5.74, 6) is 0.699. The molecule has 1 saturated carbocycles. The van der Waals surface area contributed by atoms with E-state index in [1.165, 1.54) is 0 Å². The SMILES string of the molecule is CC(C)NC(=O)CN(C)C1CC(C(C)(C)C)CCC1C#N. The molecule has 1 N–H and O–H groups in total. The Balaban J connectivity index is 2.71. The third-order valence-corrected chi connectivity index (χ3v) is 4.62. The Kier molecular flexibility index (Phi) is 6.22. The minimum Gasteiger partial charge on any atom is -0.353 e. The summed E-state index contributed by atoms with van der Waals surface area (Å²) >= 11 is 0. The Labute approximate surface area is 129 Å². The van der Waals surface area contributed by atoms with Crippen molar-refractivity contribution in [3.8, 4) is 6.07 Å². The lowest BCUT2D eigenvalue weighted by atomic mass is 9.68. The van der Waals surface area contributed by atoms with Gasteiger partial charge >= 0.3 is 0 Å². The fourth-order valence-electron chi connectivity index (χ4n) is 3.28. The molecular formula is C17H31N3O. The molecule has 0 saturated heterocycles. The van der Waals surface area contributed by atoms with E-state index in [9.17, 15) is 10.1 Å². The van der Waals surface area contributed by atoms with Gasteiger partial charge in [-0.25, -0.2) is 0 Å². The van der Waals surface area contributed by atoms with E-state index >= 15 is 0 Å². The molecule has 0 aliphatic heterocycles. The van der Waals surface area contributed by atoms with E-state index in [4.69, 9.17) is 0 Å². The van der Waals surface area contributed by atoms with Gasteiger partial charge in [0, 0.05) is 12.1 Å². The van der Waals surface area contributed by atoms with Crippen LogP contribution in [0.5, 0.6) is 0 Å². The lowest BCUT2D eigenvalue weighted by Gasteiger charge is -2.43. The van der Waals surface area contributed by atoms with Gasteiger partial charge in [0.05, 0.1) is 18.5 Å². The van der Waals surface area contributed by atoms with E-state index in [0.717, 1.165) is 19.3 Å². The highest BCUT2D eigenvalue weighted by Gasteiger charge is 2.38. The number of likely N-dealkylation sites (N-methyl/N-ethyl adjacent to an activating group) is 1. The monoisotopic (exact) mass is 293 g/mol. The number of hydrogen-bond acceptors (Lipinski definition) is 3. The van der Waals surface area contributed by atoms with Gasteiger partial charge in [-0.05, 0) is 51.5 Å². The van der Waals surface area contributed by atoms with Crippen LogP contribution in [0.3, 0.4) is 0 Å². The van der Waals surface area contributed by atoms with Crippen molar-refractivity contribution in [2.24, 2.45) is 17.3 Å². The van der Waals surface area contributed by atoms with Crippen molar-refractivity contribution >= 4 is 5.91 Å². The summed E-state index contributed by atoms with van der Waals surface area (Å²) < 4.78 is 0. The van der Waals surface area contributed by atoms with E-state index in [0.29, 0.717) is 12.5 Å². The Morgan fingerprint density at radius 2 is 2.00 bits per heavy atom. The number of nitrogens with one attached hydrogen (secondary N) is 1. The molecule has 21 heavy (non-hydrogen) atoms. The molecule has 1 amide bonds. The molecule has 0 bridgehead atoms. The van der Waals surface area contributed by atoms with Crippen LogP contribution >= 0.6 is 0 Å². The second kappa shape index (κ2) is 7.26. The second-order valence-corrected chi connectivity index (χ2v) is 7.82. The van der Waals surface area contributed by atoms with Gasteiger partial charge in [0.25, 0.3) is 0 Å². The van der Waals surface area contributed by atoms with Crippen molar-refractivity contribution < 1.29 is 4.79 Å². The molecule has 1 aliphatic carbocycles. The molecule has 0 aromatic heterocycles. The van der Waals surface area contributed by atoms with Crippen LogP contribution in [-0.2, 0) is 4.79 Å². The highest BCUT2D eigenvalue weighted by atomic mass is 16.2. The summed E-state index contributed by atoms with van der Waals surface area (Å²) in [5, 5.41) is 12.3. The van der Waals surface area contributed by atoms with Crippen LogP contribution in [0.2, 0.25) is 0 Å². The van der Waals surface area contributed by atoms with Crippen LogP contribution in [0.15, 0.2) is 0 Å². The molecule has 0 spiro atoms. The van der Waals surface area contributed by atoms with E-state index in [1.807, 2.05) is 20.9 Å². The van der Waals surface area contributed by atoms with E-state index in [2.05, 4.69) is 37.1 Å². The number of carbonyl (C=O) groups is 1. The third kappa shape index (κ3) is 5.32. The molecule has 3 unspecified atom stereocenters. The zero-order chi connectivity index (χ0) is 16.2. The van der Waals surface area contributed by atoms with Crippen LogP contribution in [0.1, 0.15) is 53.9 Å². The van der Waals surface area contributed by atoms with Crippen LogP contribution in [0.25, 0.3) is 0 Å². The summed E-state index contributed by atoms with van der Waals surface area (Å²) in [7, 11) is 1.97. The number of amides is 1. The van der Waals surface area contributed by atoms with Gasteiger partial charge in [0.1, 0.15) is 0 Å². The fraction of sp³-hybridized carbons (Fsp3) is 0.882. The average molecular weight is 293 g/mol. The number of nitriles is 1. The topological polar surface area (TPSA) is 56.1 Å². The lowest BCUT2D eigenvalue weighted by Crippen LogP contribution is -2.48. The normalized spacial score (nSPS) is 26.7. The highest BCUT2D eigenvalue weighted by Crippen LogP contribution is 2.41. The highest BCUT2D eigenvalue weighted by molar-refractivity contribution is 5.78. The molecule has 0 heterocycles. The standard InChI is InChI=1S/C17H31N3O/c1-12(2)19-16(21)11-20(6)15-9-14(17(3,4)5)8-7-13(15)10-18/h12-15H,7-9,11H2,1-6H3,(H,19,21). The van der Waals surface area contributed by atoms with Gasteiger partial charge in [0.15, 0.2) is 0 Å². The van der Waals surface area contributed by atoms with Crippen molar-refractivity contribution in [3.63, 3.8) is 0 Å². The molecule has 1 fully saturated rings. The van der Waals surface area contributed by atoms with Gasteiger partial charge in [-0.1, -0.05) is 20.8 Å². The first kappa shape index (κ1) is 18.0. The predicted octanol–water partition coefficient (Wildman–Crippen LogP) is 2.80. The number of hydrogen-bond donors (Lipinski definition) is 1. The van der Waals surface area contributed by atoms with Crippen LogP contribution in [0, 0.1) is 28.6 Å². The Morgan fingerprint density at radius 1 is 1.38 bits per heavy atom. The minimum atomic E-state index is 0.0421. The van der Waals surface area contributed by atoms with Gasteiger partial charge in [0.2, 0.25) is 5.91 Å². The van der Waals surface area contributed by atoms with E-state index < -0.39 is 0 Å². The Morgan fingerprint density at radius 3 is 2.48 bits per heavy atom. The first-order chi connectivity index (χ1) is 9.65. The van der Waals surface area contributed by atoms with Crippen molar-refractivity contribution in [1.82, 2.24) is 10.2 Å². The first-order valence-electron chi connectivity index (χ1n) is 8.04. The average Bonchev–Trinajstić information content (AvgIpc) is 2.35. The summed E-state index contributed by atoms with van der Waals surface area (Å²) in [6, 6.07) is 2.79. The zero-order valence-corrected chi connectivity index (χ0v) is 14.4. The molecule has 0 aromatic rings. The molecule has 1 aliphatic rings. The van der Waals surface area contributed by atoms with Gasteiger partial charge in [-0.15, -0.1) is 0 Å². The van der Waals surface area contributed by atoms with Crippen molar-refractivity contribution in [2.45, 2.75) is 66.0 Å². The quantitative estimate of drug-likeness (QED) is 0.867. The first-order valence-corrected chi connectivity index (χ1v) is 8.04. The van der Waals surface area contributed by atoms with Crippen LogP contribution < -0.4 is 5.32 Å². The van der Waals surface area contributed by atoms with Gasteiger partial charge < -0.3 is 5.32 Å². The fourth-order valence-corrected chi connectivity index (χ4v) is 3.28. The van der Waals surface area contributed by atoms with Gasteiger partial charge in [-0.3, -0.25) is 9.69 Å². The molecule has 120 valence electrons. The lowest BCUT2D eigenvalue weighted by molar-refractivity contribution is -0.123. The molecule has 0 aromatic carbocycles. The third-order valence-electron chi connectivity index (χ3n) is 4.62. The maximum absolute atomic E-state index is 11.9.